The molecule has 0 fully saturated rings. The minimum atomic E-state index is -0.145. The van der Waals surface area contributed by atoms with Crippen LogP contribution in [0.4, 0.5) is 0 Å². The molecule has 0 saturated heterocycles. The number of unbranched alkanes of at least 4 members (excludes halogenated alkanes) is 1. The number of nitrogens with zero attached hydrogens (tertiary/aromatic N) is 1. The third-order valence-corrected chi connectivity index (χ3v) is 2.43. The van der Waals surface area contributed by atoms with Gasteiger partial charge in [0.15, 0.2) is 4.77 Å². The Kier molecular flexibility index (Phi) is 3.48. The van der Waals surface area contributed by atoms with Crippen LogP contribution in [0.3, 0.4) is 0 Å². The molecule has 4 nitrogen and oxygen atoms in total. The van der Waals surface area contributed by atoms with E-state index in [1.807, 2.05) is 6.92 Å². The Labute approximate surface area is 82.0 Å². The molecule has 1 heterocycles. The number of aromatic nitrogens is 3. The molecular weight excluding hydrogens is 186 g/mol. The minimum absolute atomic E-state index is 0.145. The molecule has 0 saturated carbocycles. The number of H-pyrrole nitrogens is 2. The van der Waals surface area contributed by atoms with Crippen molar-refractivity contribution in [2.75, 3.05) is 0 Å². The summed E-state index contributed by atoms with van der Waals surface area (Å²) < 4.78 is 2.07. The lowest BCUT2D eigenvalue weighted by atomic mass is 10.1. The summed E-state index contributed by atoms with van der Waals surface area (Å²) in [7, 11) is 0. The summed E-state index contributed by atoms with van der Waals surface area (Å²) >= 11 is 4.98. The maximum absolute atomic E-state index is 11.3. The first kappa shape index (κ1) is 10.2. The van der Waals surface area contributed by atoms with Gasteiger partial charge in [0.05, 0.1) is 0 Å². The molecule has 74 valence electrons. The van der Waals surface area contributed by atoms with Crippen molar-refractivity contribution in [3.63, 3.8) is 0 Å². The molecule has 1 aromatic rings. The van der Waals surface area contributed by atoms with Crippen LogP contribution in [0.25, 0.3) is 0 Å². The van der Waals surface area contributed by atoms with Crippen LogP contribution in [0, 0.1) is 4.77 Å². The van der Waals surface area contributed by atoms with Gasteiger partial charge in [0.2, 0.25) is 0 Å². The van der Waals surface area contributed by atoms with Crippen LogP contribution in [0.1, 0.15) is 39.2 Å². The summed E-state index contributed by atoms with van der Waals surface area (Å²) in [4.78, 5) is 11.3. The van der Waals surface area contributed by atoms with Gasteiger partial charge in [0.1, 0.15) is 0 Å². The minimum Gasteiger partial charge on any atom is -0.272 e. The highest BCUT2D eigenvalue weighted by atomic mass is 32.1. The van der Waals surface area contributed by atoms with E-state index in [0.717, 1.165) is 19.3 Å². The molecule has 0 aromatic carbocycles. The highest BCUT2D eigenvalue weighted by molar-refractivity contribution is 7.71. The van der Waals surface area contributed by atoms with Gasteiger partial charge in [-0.3, -0.25) is 9.67 Å². The van der Waals surface area contributed by atoms with E-state index in [4.69, 9.17) is 12.2 Å². The monoisotopic (exact) mass is 201 g/mol. The maximum atomic E-state index is 11.3. The number of hydrogen-bond donors (Lipinski definition) is 2. The lowest BCUT2D eigenvalue weighted by Gasteiger charge is -2.09. The van der Waals surface area contributed by atoms with Crippen molar-refractivity contribution in [1.29, 1.82) is 0 Å². The first-order valence-corrected chi connectivity index (χ1v) is 4.96. The molecule has 2 N–H and O–H groups in total. The fourth-order valence-corrected chi connectivity index (χ4v) is 1.66. The zero-order valence-corrected chi connectivity index (χ0v) is 8.78. The van der Waals surface area contributed by atoms with Crippen LogP contribution in [-0.2, 0) is 0 Å². The van der Waals surface area contributed by atoms with E-state index in [-0.39, 0.29) is 11.7 Å². The van der Waals surface area contributed by atoms with E-state index in [0.29, 0.717) is 4.77 Å². The van der Waals surface area contributed by atoms with E-state index in [1.54, 1.807) is 4.57 Å². The Bertz CT molecular complexity index is 334. The summed E-state index contributed by atoms with van der Waals surface area (Å²) in [5, 5.41) is 5.11. The maximum Gasteiger partial charge on any atom is 0.342 e. The third-order valence-electron chi connectivity index (χ3n) is 2.13. The highest BCUT2D eigenvalue weighted by Crippen LogP contribution is 2.11. The van der Waals surface area contributed by atoms with Crippen molar-refractivity contribution in [3.8, 4) is 0 Å². The number of rotatable bonds is 4. The molecule has 0 aliphatic rings. The van der Waals surface area contributed by atoms with Crippen molar-refractivity contribution in [1.82, 2.24) is 14.8 Å². The van der Waals surface area contributed by atoms with Gasteiger partial charge in [-0.15, -0.1) is 0 Å². The van der Waals surface area contributed by atoms with Gasteiger partial charge >= 0.3 is 5.69 Å². The highest BCUT2D eigenvalue weighted by Gasteiger charge is 2.08. The fraction of sp³-hybridized carbons (Fsp3) is 0.750. The predicted molar refractivity (Wildman–Crippen MR) is 54.5 cm³/mol. The Morgan fingerprint density at radius 2 is 2.23 bits per heavy atom. The van der Waals surface area contributed by atoms with Crippen LogP contribution in [0.15, 0.2) is 4.79 Å². The Morgan fingerprint density at radius 1 is 1.54 bits per heavy atom. The molecule has 5 heteroatoms. The first-order valence-electron chi connectivity index (χ1n) is 4.56. The molecule has 1 rings (SSSR count). The SMILES string of the molecule is CCCCC(C)n1c(=O)[nH][nH]c1=S. The van der Waals surface area contributed by atoms with Crippen LogP contribution in [0.2, 0.25) is 0 Å². The summed E-state index contributed by atoms with van der Waals surface area (Å²) in [6, 6.07) is 0.183. The smallest absolute Gasteiger partial charge is 0.272 e. The van der Waals surface area contributed by atoms with Crippen LogP contribution >= 0.6 is 12.2 Å². The van der Waals surface area contributed by atoms with E-state index in [1.165, 1.54) is 0 Å². The summed E-state index contributed by atoms with van der Waals surface area (Å²) in [6.45, 7) is 4.14. The molecule has 0 spiro atoms. The molecule has 1 atom stereocenters. The largest absolute Gasteiger partial charge is 0.342 e. The Balaban J connectivity index is 2.82. The average molecular weight is 201 g/mol. The van der Waals surface area contributed by atoms with E-state index < -0.39 is 0 Å². The molecule has 0 radical (unpaired) electrons. The summed E-state index contributed by atoms with van der Waals surface area (Å²) in [5.41, 5.74) is -0.145. The molecule has 0 bridgehead atoms. The van der Waals surface area contributed by atoms with Crippen molar-refractivity contribution < 1.29 is 0 Å². The fourth-order valence-electron chi connectivity index (χ4n) is 1.35. The topological polar surface area (TPSA) is 53.6 Å². The second-order valence-corrected chi connectivity index (χ2v) is 3.61. The van der Waals surface area contributed by atoms with E-state index in [2.05, 4.69) is 17.1 Å². The molecule has 0 aliphatic carbocycles. The zero-order valence-electron chi connectivity index (χ0n) is 7.96. The first-order chi connectivity index (χ1) is 6.16. The quantitative estimate of drug-likeness (QED) is 0.732. The van der Waals surface area contributed by atoms with Crippen LogP contribution in [0.5, 0.6) is 0 Å². The molecular formula is C8H15N3OS. The van der Waals surface area contributed by atoms with Crippen molar-refractivity contribution in [3.05, 3.63) is 15.3 Å². The number of aromatic amines is 2. The van der Waals surface area contributed by atoms with Crippen molar-refractivity contribution in [2.45, 2.75) is 39.2 Å². The second-order valence-electron chi connectivity index (χ2n) is 3.22. The molecule has 1 aromatic heterocycles. The Hall–Kier alpha value is -0.840. The normalized spacial score (nSPS) is 13.1. The standard InChI is InChI=1S/C8H15N3OS/c1-3-4-5-6(2)11-7(12)9-10-8(11)13/h6H,3-5H2,1-2H3,(H,9,12)(H,10,13). The average Bonchev–Trinajstić information content (AvgIpc) is 2.42. The zero-order chi connectivity index (χ0) is 9.84. The van der Waals surface area contributed by atoms with Crippen molar-refractivity contribution >= 4 is 12.2 Å². The summed E-state index contributed by atoms with van der Waals surface area (Å²) in [5.74, 6) is 0. The third kappa shape index (κ3) is 2.30. The molecule has 13 heavy (non-hydrogen) atoms. The van der Waals surface area contributed by atoms with Gasteiger partial charge in [-0.25, -0.2) is 9.89 Å². The van der Waals surface area contributed by atoms with Gasteiger partial charge < -0.3 is 0 Å². The van der Waals surface area contributed by atoms with Crippen LogP contribution < -0.4 is 5.69 Å². The predicted octanol–water partition coefficient (Wildman–Crippen LogP) is 1.99. The van der Waals surface area contributed by atoms with Gasteiger partial charge in [0.25, 0.3) is 0 Å². The van der Waals surface area contributed by atoms with Crippen molar-refractivity contribution in [2.24, 2.45) is 0 Å². The lowest BCUT2D eigenvalue weighted by molar-refractivity contribution is 0.469. The molecule has 0 aliphatic heterocycles. The Morgan fingerprint density at radius 3 is 2.69 bits per heavy atom. The van der Waals surface area contributed by atoms with Gasteiger partial charge in [-0.1, -0.05) is 19.8 Å². The van der Waals surface area contributed by atoms with Gasteiger partial charge in [-0.2, -0.15) is 0 Å². The number of hydrogen-bond acceptors (Lipinski definition) is 2. The van der Waals surface area contributed by atoms with Gasteiger partial charge in [-0.05, 0) is 25.6 Å². The number of nitrogens with one attached hydrogen (secondary N) is 2. The van der Waals surface area contributed by atoms with Crippen LogP contribution in [-0.4, -0.2) is 14.8 Å². The van der Waals surface area contributed by atoms with E-state index >= 15 is 0 Å². The lowest BCUT2D eigenvalue weighted by Crippen LogP contribution is -2.20. The molecule has 0 amide bonds. The van der Waals surface area contributed by atoms with Gasteiger partial charge in [0, 0.05) is 6.04 Å². The van der Waals surface area contributed by atoms with E-state index in [9.17, 15) is 4.79 Å². The summed E-state index contributed by atoms with van der Waals surface area (Å²) in [6.07, 6.45) is 3.25. The second kappa shape index (κ2) is 4.41. The molecule has 1 unspecified atom stereocenters.